The molecular weight excluding hydrogens is 1660 g/mol. The Bertz CT molecular complexity index is 9670. The van der Waals surface area contributed by atoms with Crippen LogP contribution in [0.4, 0.5) is 0 Å². The van der Waals surface area contributed by atoms with E-state index in [1.807, 2.05) is 34.0 Å². The highest BCUT2D eigenvalue weighted by atomic mass is 32.1. The normalized spacial score (nSPS) is 12.1. The fourth-order valence-corrected chi connectivity index (χ4v) is 26.5. The molecule has 28 rings (SSSR count). The second kappa shape index (κ2) is 30.2. The van der Waals surface area contributed by atoms with Gasteiger partial charge in [0.05, 0.1) is 0 Å². The predicted molar refractivity (Wildman–Crippen MR) is 580 cm³/mol. The molecule has 3 aromatic heterocycles. The van der Waals surface area contributed by atoms with E-state index in [1.54, 1.807) is 0 Å². The van der Waals surface area contributed by atoms with Crippen molar-refractivity contribution in [2.45, 2.75) is 0 Å². The maximum Gasteiger partial charge on any atom is 0.0440 e. The molecule has 3 heteroatoms. The minimum atomic E-state index is 1.18. The molecule has 0 saturated carbocycles. The summed E-state index contributed by atoms with van der Waals surface area (Å²) in [5.41, 5.74) is 27.1. The van der Waals surface area contributed by atoms with Gasteiger partial charge < -0.3 is 0 Å². The number of hydrogen-bond donors (Lipinski definition) is 0. The van der Waals surface area contributed by atoms with E-state index in [0.717, 1.165) is 0 Å². The van der Waals surface area contributed by atoms with E-state index in [-0.39, 0.29) is 0 Å². The van der Waals surface area contributed by atoms with Crippen LogP contribution in [0.25, 0.3) is 291 Å². The first-order chi connectivity index (χ1) is 66.0. The maximum absolute atomic E-state index is 2.49. The molecular formula is C130H76S3. The smallest absolute Gasteiger partial charge is 0.0440 e. The minimum absolute atomic E-state index is 1.18. The number of fused-ring (bicyclic) bond motifs is 21. The second-order valence-electron chi connectivity index (χ2n) is 35.7. The van der Waals surface area contributed by atoms with Gasteiger partial charge in [-0.1, -0.05) is 406 Å². The standard InChI is InChI=1S/C130H76S3/c1-2-27-78(28-3-1)92-34-10-11-38-97(92)123-104-45-18-14-41-100(104)122(101-42-15-19-46-105(101)123)90-65-68-118-116(74-90)96-66-64-86(76-119(96)131-118)85-62-61-83-69-82(59-60-84(83)70-85)77-55-57-80(58-56-77)120-98-39-12-20-47-106(98)125(107-48-21-13-40-99(107)120)113-53-26-54-114-126-117(73-88-31-6-9-37-95(88)130(126)133-129(113)114)115-75-91(72-87-30-5-7-35-93(87)115)81-32-24-33-89(71-81)121-102-43-16-22-49-108(102)124(109-50-23-17-44-103(109)121)112-52-25-51-110-111-67-63-79-29-4-8-36-94(79)127(111)132-128(110)112/h1-76H. The Balaban J connectivity index is 0.508. The van der Waals surface area contributed by atoms with Crippen LogP contribution in [-0.2, 0) is 0 Å². The van der Waals surface area contributed by atoms with E-state index in [2.05, 4.69) is 461 Å². The molecule has 0 unspecified atom stereocenters. The fourth-order valence-electron chi connectivity index (χ4n) is 22.6. The van der Waals surface area contributed by atoms with Gasteiger partial charge in [-0.15, -0.1) is 34.0 Å². The number of thiophene rings is 3. The lowest BCUT2D eigenvalue weighted by Gasteiger charge is -2.19. The summed E-state index contributed by atoms with van der Waals surface area (Å²) in [6.45, 7) is 0. The number of benzene rings is 25. The highest BCUT2D eigenvalue weighted by molar-refractivity contribution is 7.28. The van der Waals surface area contributed by atoms with Crippen molar-refractivity contribution in [3.63, 3.8) is 0 Å². The van der Waals surface area contributed by atoms with Gasteiger partial charge in [0.25, 0.3) is 0 Å². The van der Waals surface area contributed by atoms with Crippen LogP contribution in [0.15, 0.2) is 461 Å². The molecule has 0 aliphatic rings. The third kappa shape index (κ3) is 11.9. The van der Waals surface area contributed by atoms with Gasteiger partial charge in [0.1, 0.15) is 0 Å². The van der Waals surface area contributed by atoms with E-state index >= 15 is 0 Å². The van der Waals surface area contributed by atoms with Crippen LogP contribution < -0.4 is 0 Å². The lowest BCUT2D eigenvalue weighted by atomic mass is 9.83. The molecule has 0 nitrogen and oxygen atoms in total. The largest absolute Gasteiger partial charge is 0.135 e. The molecule has 28 aromatic rings. The molecule has 0 radical (unpaired) electrons. The molecule has 0 fully saturated rings. The summed E-state index contributed by atoms with van der Waals surface area (Å²) in [7, 11) is 0. The SMILES string of the molecule is c1ccc(-c2ccccc2-c2c3ccccc3c(-c3ccc4sc5cc(-c6ccc7cc(-c8ccc(-c9c%10ccccc%10c(-c%10cccc%11c%10sc%10c%12ccccc%12cc(-c%12cc(-c%13cccc(-c%14c%15ccccc%15c(-c%15cccc%16c%15sc%15c%17ccccc%17ccc%16%15)c%15ccccc%14%15)c%13)cc%13ccccc%12%13)c%11%10)c%10ccccc9%10)cc8)ccc7c6)ccc5c4c3)c3ccccc23)cc1. The molecule has 0 saturated heterocycles. The first-order valence-electron chi connectivity index (χ1n) is 45.9. The predicted octanol–water partition coefficient (Wildman–Crippen LogP) is 38.7. The van der Waals surface area contributed by atoms with Crippen LogP contribution in [0.2, 0.25) is 0 Å². The highest BCUT2D eigenvalue weighted by Crippen LogP contribution is 2.56. The molecule has 0 spiro atoms. The Morgan fingerprint density at radius 1 is 0.113 bits per heavy atom. The van der Waals surface area contributed by atoms with Crippen molar-refractivity contribution >= 4 is 202 Å². The van der Waals surface area contributed by atoms with Crippen molar-refractivity contribution in [1.82, 2.24) is 0 Å². The molecule has 0 N–H and O–H groups in total. The molecule has 0 aliphatic heterocycles. The van der Waals surface area contributed by atoms with Crippen LogP contribution in [0.1, 0.15) is 0 Å². The van der Waals surface area contributed by atoms with Crippen molar-refractivity contribution in [3.05, 3.63) is 461 Å². The Morgan fingerprint density at radius 2 is 0.474 bits per heavy atom. The van der Waals surface area contributed by atoms with Crippen molar-refractivity contribution in [3.8, 4) is 122 Å². The van der Waals surface area contributed by atoms with Gasteiger partial charge in [0, 0.05) is 71.6 Å². The first kappa shape index (κ1) is 75.7. The van der Waals surface area contributed by atoms with Crippen LogP contribution in [-0.4, -0.2) is 0 Å². The number of hydrogen-bond acceptors (Lipinski definition) is 3. The van der Waals surface area contributed by atoms with Crippen molar-refractivity contribution in [2.24, 2.45) is 0 Å². The molecule has 3 heterocycles. The Labute approximate surface area is 779 Å². The van der Waals surface area contributed by atoms with E-state index in [1.165, 1.54) is 291 Å². The van der Waals surface area contributed by atoms with Crippen molar-refractivity contribution in [1.29, 1.82) is 0 Å². The molecule has 0 amide bonds. The van der Waals surface area contributed by atoms with Gasteiger partial charge in [0.2, 0.25) is 0 Å². The van der Waals surface area contributed by atoms with Crippen LogP contribution in [0.3, 0.4) is 0 Å². The van der Waals surface area contributed by atoms with E-state index in [0.29, 0.717) is 0 Å². The molecule has 133 heavy (non-hydrogen) atoms. The average molecular weight is 1730 g/mol. The summed E-state index contributed by atoms with van der Waals surface area (Å²) in [4.78, 5) is 0. The highest BCUT2D eigenvalue weighted by Gasteiger charge is 2.28. The van der Waals surface area contributed by atoms with Crippen LogP contribution in [0, 0.1) is 0 Å². The Morgan fingerprint density at radius 3 is 1.08 bits per heavy atom. The van der Waals surface area contributed by atoms with Gasteiger partial charge in [-0.3, -0.25) is 0 Å². The summed E-state index contributed by atoms with van der Waals surface area (Å²) in [6.07, 6.45) is 0. The van der Waals surface area contributed by atoms with Crippen LogP contribution >= 0.6 is 34.0 Å². The minimum Gasteiger partial charge on any atom is -0.135 e. The van der Waals surface area contributed by atoms with Crippen LogP contribution in [0.5, 0.6) is 0 Å². The van der Waals surface area contributed by atoms with Gasteiger partial charge in [-0.2, -0.15) is 0 Å². The zero-order chi connectivity index (χ0) is 87.0. The Hall–Kier alpha value is -16.2. The zero-order valence-corrected chi connectivity index (χ0v) is 74.6. The molecule has 0 atom stereocenters. The van der Waals surface area contributed by atoms with Crippen molar-refractivity contribution in [2.75, 3.05) is 0 Å². The zero-order valence-electron chi connectivity index (χ0n) is 72.1. The molecule has 614 valence electrons. The molecule has 0 aliphatic carbocycles. The second-order valence-corrected chi connectivity index (χ2v) is 38.8. The van der Waals surface area contributed by atoms with Gasteiger partial charge in [-0.05, 0) is 274 Å². The molecule has 0 bridgehead atoms. The van der Waals surface area contributed by atoms with E-state index in [9.17, 15) is 0 Å². The van der Waals surface area contributed by atoms with Gasteiger partial charge in [0.15, 0.2) is 0 Å². The summed E-state index contributed by atoms with van der Waals surface area (Å²) in [5.74, 6) is 0. The van der Waals surface area contributed by atoms with E-state index < -0.39 is 0 Å². The van der Waals surface area contributed by atoms with E-state index in [4.69, 9.17) is 0 Å². The first-order valence-corrected chi connectivity index (χ1v) is 48.3. The lowest BCUT2D eigenvalue weighted by molar-refractivity contribution is 1.61. The van der Waals surface area contributed by atoms with Crippen molar-refractivity contribution < 1.29 is 0 Å². The quantitative estimate of drug-likeness (QED) is 0.113. The topological polar surface area (TPSA) is 0 Å². The Kier molecular flexibility index (Phi) is 17.2. The third-order valence-electron chi connectivity index (χ3n) is 28.6. The summed E-state index contributed by atoms with van der Waals surface area (Å²) < 4.78 is 7.83. The third-order valence-corrected chi connectivity index (χ3v) is 32.3. The van der Waals surface area contributed by atoms with Gasteiger partial charge >= 0.3 is 0 Å². The summed E-state index contributed by atoms with van der Waals surface area (Å²) in [5, 5.41) is 32.7. The summed E-state index contributed by atoms with van der Waals surface area (Å²) >= 11 is 5.76. The monoisotopic (exact) mass is 1730 g/mol. The van der Waals surface area contributed by atoms with Gasteiger partial charge in [-0.25, -0.2) is 0 Å². The average Bonchev–Trinajstić information content (AvgIpc) is 1.58. The maximum atomic E-state index is 2.49. The number of rotatable bonds is 11. The summed E-state index contributed by atoms with van der Waals surface area (Å²) in [6, 6.07) is 174. The fraction of sp³-hybridized carbons (Fsp3) is 0. The lowest BCUT2D eigenvalue weighted by Crippen LogP contribution is -1.92. The molecule has 25 aromatic carbocycles.